The molecule has 1 amide bonds. The van der Waals surface area contributed by atoms with E-state index in [-0.39, 0.29) is 11.6 Å². The maximum absolute atomic E-state index is 13.1. The van der Waals surface area contributed by atoms with Crippen molar-refractivity contribution in [2.24, 2.45) is 0 Å². The summed E-state index contributed by atoms with van der Waals surface area (Å²) < 4.78 is 7.13. The lowest BCUT2D eigenvalue weighted by Gasteiger charge is -2.09. The molecule has 0 aliphatic carbocycles. The van der Waals surface area contributed by atoms with Gasteiger partial charge in [0.15, 0.2) is 10.9 Å². The molecule has 4 rings (SSSR count). The van der Waals surface area contributed by atoms with Crippen LogP contribution < -0.4 is 10.1 Å². The van der Waals surface area contributed by atoms with Crippen molar-refractivity contribution < 1.29 is 9.53 Å². The summed E-state index contributed by atoms with van der Waals surface area (Å²) in [6, 6.07) is 16.9. The first kappa shape index (κ1) is 21.5. The number of anilines is 1. The number of nitrogens with one attached hydrogen (secondary N) is 1. The van der Waals surface area contributed by atoms with Crippen LogP contribution >= 0.6 is 11.8 Å². The van der Waals surface area contributed by atoms with Crippen molar-refractivity contribution in [3.05, 3.63) is 83.9 Å². The number of amides is 1. The molecule has 0 bridgehead atoms. The van der Waals surface area contributed by atoms with E-state index >= 15 is 0 Å². The lowest BCUT2D eigenvalue weighted by atomic mass is 10.2. The summed E-state index contributed by atoms with van der Waals surface area (Å²) in [5.74, 6) is 0.838. The maximum Gasteiger partial charge on any atom is 0.278 e. The Balaban J connectivity index is 1.61. The topological polar surface area (TPSA) is 94.8 Å². The van der Waals surface area contributed by atoms with Crippen molar-refractivity contribution in [3.63, 3.8) is 0 Å². The van der Waals surface area contributed by atoms with E-state index in [4.69, 9.17) is 4.74 Å². The molecule has 0 radical (unpaired) electrons. The van der Waals surface area contributed by atoms with Crippen LogP contribution in [0.4, 0.5) is 5.69 Å². The van der Waals surface area contributed by atoms with Crippen molar-refractivity contribution >= 4 is 23.4 Å². The number of carbonyl (C=O) groups is 1. The van der Waals surface area contributed by atoms with Gasteiger partial charge < -0.3 is 10.1 Å². The van der Waals surface area contributed by atoms with E-state index in [0.717, 1.165) is 17.0 Å². The first-order valence-corrected chi connectivity index (χ1v) is 11.1. The predicted molar refractivity (Wildman–Crippen MR) is 123 cm³/mol. The largest absolute Gasteiger partial charge is 0.494 e. The van der Waals surface area contributed by atoms with Gasteiger partial charge in [-0.15, -0.1) is 5.10 Å². The van der Waals surface area contributed by atoms with E-state index in [1.54, 1.807) is 35.3 Å². The zero-order valence-corrected chi connectivity index (χ0v) is 18.5. The summed E-state index contributed by atoms with van der Waals surface area (Å²) in [7, 11) is 0. The van der Waals surface area contributed by atoms with Crippen LogP contribution in [-0.2, 0) is 5.75 Å². The van der Waals surface area contributed by atoms with Gasteiger partial charge in [0, 0.05) is 23.8 Å². The van der Waals surface area contributed by atoms with Crippen molar-refractivity contribution in [2.45, 2.75) is 24.8 Å². The van der Waals surface area contributed by atoms with E-state index in [0.29, 0.717) is 28.9 Å². The lowest BCUT2D eigenvalue weighted by molar-refractivity contribution is 0.102. The third-order valence-corrected chi connectivity index (χ3v) is 5.45. The zero-order valence-electron chi connectivity index (χ0n) is 17.7. The number of rotatable bonds is 8. The Kier molecular flexibility index (Phi) is 6.76. The summed E-state index contributed by atoms with van der Waals surface area (Å²) in [5, 5.41) is 12.0. The van der Waals surface area contributed by atoms with Crippen molar-refractivity contribution in [1.29, 1.82) is 0 Å². The lowest BCUT2D eigenvalue weighted by Crippen LogP contribution is -2.15. The molecule has 0 atom stereocenters. The maximum atomic E-state index is 13.1. The Labute approximate surface area is 190 Å². The van der Waals surface area contributed by atoms with Gasteiger partial charge in [0.2, 0.25) is 0 Å². The van der Waals surface area contributed by atoms with Crippen LogP contribution in [-0.4, -0.2) is 37.5 Å². The highest BCUT2D eigenvalue weighted by Crippen LogP contribution is 2.24. The van der Waals surface area contributed by atoms with Crippen LogP contribution in [0.5, 0.6) is 5.75 Å². The molecule has 2 heterocycles. The molecule has 1 N–H and O–H groups in total. The smallest absolute Gasteiger partial charge is 0.278 e. The molecule has 0 saturated heterocycles. The van der Waals surface area contributed by atoms with E-state index in [2.05, 4.69) is 25.6 Å². The number of thioether (sulfide) groups is 1. The fraction of sp³-hybridized carbons (Fsp3) is 0.174. The first-order valence-electron chi connectivity index (χ1n) is 10.1. The predicted octanol–water partition coefficient (Wildman–Crippen LogP) is 4.31. The molecular weight excluding hydrogens is 424 g/mol. The highest BCUT2D eigenvalue weighted by Gasteiger charge is 2.21. The van der Waals surface area contributed by atoms with Gasteiger partial charge in [0.1, 0.15) is 5.75 Å². The molecular formula is C23H22N6O2S. The minimum absolute atomic E-state index is 0.253. The molecule has 4 aromatic rings. The third kappa shape index (κ3) is 5.12. The Morgan fingerprint density at radius 3 is 2.47 bits per heavy atom. The zero-order chi connectivity index (χ0) is 22.3. The molecule has 0 aliphatic heterocycles. The number of ether oxygens (including phenoxy) is 1. The minimum Gasteiger partial charge on any atom is -0.494 e. The molecule has 0 saturated carbocycles. The van der Waals surface area contributed by atoms with Gasteiger partial charge in [-0.05, 0) is 56.3 Å². The third-order valence-electron chi connectivity index (χ3n) is 4.56. The Morgan fingerprint density at radius 1 is 1.06 bits per heavy atom. The first-order chi connectivity index (χ1) is 15.6. The molecule has 8 nitrogen and oxygen atoms in total. The molecule has 2 aromatic heterocycles. The van der Waals surface area contributed by atoms with Crippen LogP contribution in [0.1, 0.15) is 28.7 Å². The quantitative estimate of drug-likeness (QED) is 0.318. The van der Waals surface area contributed by atoms with Crippen LogP contribution in [0.25, 0.3) is 5.69 Å². The highest BCUT2D eigenvalue weighted by atomic mass is 32.2. The van der Waals surface area contributed by atoms with E-state index in [1.807, 2.05) is 50.2 Å². The monoisotopic (exact) mass is 446 g/mol. The van der Waals surface area contributed by atoms with Gasteiger partial charge in [0.05, 0.1) is 18.0 Å². The van der Waals surface area contributed by atoms with Crippen LogP contribution in [0.15, 0.2) is 72.1 Å². The molecule has 0 spiro atoms. The summed E-state index contributed by atoms with van der Waals surface area (Å²) >= 11 is 1.42. The fourth-order valence-electron chi connectivity index (χ4n) is 2.99. The van der Waals surface area contributed by atoms with Crippen LogP contribution in [0, 0.1) is 6.92 Å². The van der Waals surface area contributed by atoms with Crippen LogP contribution in [0.2, 0.25) is 0 Å². The van der Waals surface area contributed by atoms with E-state index < -0.39 is 0 Å². The molecule has 0 unspecified atom stereocenters. The van der Waals surface area contributed by atoms with Gasteiger partial charge >= 0.3 is 0 Å². The molecule has 9 heteroatoms. The van der Waals surface area contributed by atoms with Gasteiger partial charge in [-0.25, -0.2) is 14.6 Å². The number of aromatic nitrogens is 5. The van der Waals surface area contributed by atoms with Gasteiger partial charge in [0.25, 0.3) is 5.91 Å². The van der Waals surface area contributed by atoms with Crippen molar-refractivity contribution in [3.8, 4) is 11.4 Å². The molecule has 162 valence electrons. The summed E-state index contributed by atoms with van der Waals surface area (Å²) in [6.45, 7) is 4.53. The van der Waals surface area contributed by atoms with E-state index in [9.17, 15) is 4.79 Å². The molecule has 0 fully saturated rings. The number of aryl methyl sites for hydroxylation is 1. The average Bonchev–Trinajstić information content (AvgIpc) is 3.24. The highest BCUT2D eigenvalue weighted by molar-refractivity contribution is 7.98. The fourth-order valence-corrected chi connectivity index (χ4v) is 3.78. The second-order valence-electron chi connectivity index (χ2n) is 6.86. The molecule has 32 heavy (non-hydrogen) atoms. The normalized spacial score (nSPS) is 10.7. The van der Waals surface area contributed by atoms with E-state index in [1.165, 1.54) is 11.8 Å². The summed E-state index contributed by atoms with van der Waals surface area (Å²) in [4.78, 5) is 21.6. The van der Waals surface area contributed by atoms with Crippen molar-refractivity contribution in [2.75, 3.05) is 11.9 Å². The Morgan fingerprint density at radius 2 is 1.78 bits per heavy atom. The second kappa shape index (κ2) is 10.1. The average molecular weight is 447 g/mol. The Hall–Kier alpha value is -3.72. The number of hydrogen-bond donors (Lipinski definition) is 1. The summed E-state index contributed by atoms with van der Waals surface area (Å²) in [6.07, 6.45) is 3.37. The number of benzene rings is 2. The summed E-state index contributed by atoms with van der Waals surface area (Å²) in [5.41, 5.74) is 3.52. The van der Waals surface area contributed by atoms with Gasteiger partial charge in [-0.1, -0.05) is 34.7 Å². The van der Waals surface area contributed by atoms with Crippen molar-refractivity contribution in [1.82, 2.24) is 25.0 Å². The standard InChI is InChI=1S/C23H22N6O2S/c1-3-31-19-11-7-17(8-12-19)26-22(30)21-20(15-32-23-24-13-4-14-25-23)29(28-27-21)18-9-5-16(2)6-10-18/h4-14H,3,15H2,1-2H3,(H,26,30). The number of hydrogen-bond acceptors (Lipinski definition) is 7. The SMILES string of the molecule is CCOc1ccc(NC(=O)c2nnn(-c3ccc(C)cc3)c2CSc2ncccn2)cc1. The molecule has 0 aliphatic rings. The van der Waals surface area contributed by atoms with Crippen LogP contribution in [0.3, 0.4) is 0 Å². The Bertz CT molecular complexity index is 1180. The minimum atomic E-state index is -0.336. The van der Waals surface area contributed by atoms with Gasteiger partial charge in [-0.2, -0.15) is 0 Å². The van der Waals surface area contributed by atoms with Gasteiger partial charge in [-0.3, -0.25) is 4.79 Å². The second-order valence-corrected chi connectivity index (χ2v) is 7.81. The number of carbonyl (C=O) groups excluding carboxylic acids is 1. The number of nitrogens with zero attached hydrogens (tertiary/aromatic N) is 5. The molecule has 2 aromatic carbocycles.